The van der Waals surface area contributed by atoms with Gasteiger partial charge in [-0.3, -0.25) is 9.59 Å². The molecule has 0 radical (unpaired) electrons. The van der Waals surface area contributed by atoms with E-state index in [2.05, 4.69) is 27.3 Å². The third-order valence-corrected chi connectivity index (χ3v) is 5.55. The number of aromatic nitrogens is 1. The molecular formula is C22H26N4O2. The molecule has 3 heterocycles. The fourth-order valence-corrected chi connectivity index (χ4v) is 3.98. The highest BCUT2D eigenvalue weighted by Crippen LogP contribution is 2.28. The Morgan fingerprint density at radius 2 is 1.89 bits per heavy atom. The predicted octanol–water partition coefficient (Wildman–Crippen LogP) is 2.71. The highest BCUT2D eigenvalue weighted by Gasteiger charge is 2.34. The van der Waals surface area contributed by atoms with Gasteiger partial charge in [0.25, 0.3) is 0 Å². The summed E-state index contributed by atoms with van der Waals surface area (Å²) < 4.78 is 0. The highest BCUT2D eigenvalue weighted by atomic mass is 16.2. The maximum atomic E-state index is 12.8. The largest absolute Gasteiger partial charge is 0.355 e. The lowest BCUT2D eigenvalue weighted by molar-refractivity contribution is -0.128. The molecule has 2 amide bonds. The van der Waals surface area contributed by atoms with Gasteiger partial charge in [0.2, 0.25) is 11.8 Å². The van der Waals surface area contributed by atoms with E-state index in [4.69, 9.17) is 0 Å². The van der Waals surface area contributed by atoms with E-state index in [1.165, 1.54) is 5.56 Å². The summed E-state index contributed by atoms with van der Waals surface area (Å²) in [6.45, 7) is 3.07. The molecule has 1 N–H and O–H groups in total. The molecule has 1 aromatic carbocycles. The lowest BCUT2D eigenvalue weighted by Gasteiger charge is -2.21. The maximum absolute atomic E-state index is 12.8. The molecule has 0 saturated carbocycles. The fourth-order valence-electron chi connectivity index (χ4n) is 3.98. The van der Waals surface area contributed by atoms with E-state index in [1.807, 2.05) is 35.2 Å². The number of pyridine rings is 1. The number of hydrogen-bond acceptors (Lipinski definition) is 4. The zero-order valence-electron chi connectivity index (χ0n) is 16.0. The molecule has 2 aliphatic rings. The van der Waals surface area contributed by atoms with Crippen LogP contribution >= 0.6 is 0 Å². The Bertz CT molecular complexity index is 833. The quantitative estimate of drug-likeness (QED) is 0.839. The monoisotopic (exact) mass is 378 g/mol. The Morgan fingerprint density at radius 1 is 1.11 bits per heavy atom. The van der Waals surface area contributed by atoms with Gasteiger partial charge in [0.1, 0.15) is 0 Å². The molecule has 2 aliphatic heterocycles. The topological polar surface area (TPSA) is 65.5 Å². The van der Waals surface area contributed by atoms with Crippen molar-refractivity contribution in [3.63, 3.8) is 0 Å². The number of hydrogen-bond donors (Lipinski definition) is 1. The van der Waals surface area contributed by atoms with Crippen molar-refractivity contribution in [1.29, 1.82) is 0 Å². The Kier molecular flexibility index (Phi) is 5.55. The van der Waals surface area contributed by atoms with Crippen LogP contribution in [0.15, 0.2) is 48.7 Å². The van der Waals surface area contributed by atoms with Crippen molar-refractivity contribution in [2.75, 3.05) is 36.4 Å². The average Bonchev–Trinajstić information content (AvgIpc) is 3.38. The highest BCUT2D eigenvalue weighted by molar-refractivity contribution is 5.98. The molecule has 28 heavy (non-hydrogen) atoms. The summed E-state index contributed by atoms with van der Waals surface area (Å²) in [5, 5.41) is 3.02. The molecule has 6 nitrogen and oxygen atoms in total. The summed E-state index contributed by atoms with van der Waals surface area (Å²) >= 11 is 0. The Morgan fingerprint density at radius 3 is 2.68 bits per heavy atom. The van der Waals surface area contributed by atoms with Gasteiger partial charge in [-0.05, 0) is 37.0 Å². The summed E-state index contributed by atoms with van der Waals surface area (Å²) in [4.78, 5) is 33.7. The second-order valence-corrected chi connectivity index (χ2v) is 7.53. The van der Waals surface area contributed by atoms with E-state index >= 15 is 0 Å². The number of nitrogens with one attached hydrogen (secondary N) is 1. The molecule has 0 spiro atoms. The number of carbonyl (C=O) groups excluding carboxylic acids is 2. The third kappa shape index (κ3) is 4.16. The average molecular weight is 378 g/mol. The molecule has 1 aromatic heterocycles. The number of nitrogens with zero attached hydrogens (tertiary/aromatic N) is 3. The number of amides is 2. The Hall–Kier alpha value is -2.89. The van der Waals surface area contributed by atoms with Crippen LogP contribution in [-0.2, 0) is 16.0 Å². The van der Waals surface area contributed by atoms with Crippen LogP contribution in [0.3, 0.4) is 0 Å². The van der Waals surface area contributed by atoms with Crippen molar-refractivity contribution in [3.05, 3.63) is 54.2 Å². The van der Waals surface area contributed by atoms with Gasteiger partial charge in [0.05, 0.1) is 11.6 Å². The van der Waals surface area contributed by atoms with Crippen LogP contribution in [0.2, 0.25) is 0 Å². The maximum Gasteiger partial charge on any atom is 0.229 e. The van der Waals surface area contributed by atoms with Crippen molar-refractivity contribution in [1.82, 2.24) is 9.88 Å². The third-order valence-electron chi connectivity index (χ3n) is 5.55. The first kappa shape index (κ1) is 18.5. The van der Waals surface area contributed by atoms with Gasteiger partial charge < -0.3 is 15.1 Å². The molecule has 2 fully saturated rings. The molecule has 6 heteroatoms. The zero-order chi connectivity index (χ0) is 19.3. The van der Waals surface area contributed by atoms with Crippen LogP contribution < -0.4 is 10.2 Å². The molecule has 0 bridgehead atoms. The van der Waals surface area contributed by atoms with Crippen LogP contribution in [0.25, 0.3) is 0 Å². The first-order chi connectivity index (χ1) is 13.7. The van der Waals surface area contributed by atoms with Crippen molar-refractivity contribution >= 4 is 23.3 Å². The summed E-state index contributed by atoms with van der Waals surface area (Å²) in [7, 11) is 0. The molecule has 0 unspecified atom stereocenters. The minimum Gasteiger partial charge on any atom is -0.355 e. The van der Waals surface area contributed by atoms with Crippen molar-refractivity contribution in [2.24, 2.45) is 5.92 Å². The second kappa shape index (κ2) is 8.42. The van der Waals surface area contributed by atoms with Gasteiger partial charge in [0, 0.05) is 38.8 Å². The molecule has 4 rings (SSSR count). The first-order valence-corrected chi connectivity index (χ1v) is 10.0. The summed E-state index contributed by atoms with van der Waals surface area (Å²) in [6, 6.07) is 13.8. The molecule has 2 saturated heterocycles. The molecular weight excluding hydrogens is 352 g/mol. The van der Waals surface area contributed by atoms with Gasteiger partial charge in [0.15, 0.2) is 5.82 Å². The molecule has 2 aromatic rings. The summed E-state index contributed by atoms with van der Waals surface area (Å²) in [5.41, 5.74) is 1.94. The van der Waals surface area contributed by atoms with Gasteiger partial charge in [-0.15, -0.1) is 0 Å². The van der Waals surface area contributed by atoms with Gasteiger partial charge >= 0.3 is 0 Å². The van der Waals surface area contributed by atoms with Crippen LogP contribution in [-0.4, -0.2) is 47.9 Å². The van der Waals surface area contributed by atoms with Gasteiger partial charge in [-0.2, -0.15) is 0 Å². The molecule has 146 valence electrons. The minimum atomic E-state index is -0.310. The van der Waals surface area contributed by atoms with Gasteiger partial charge in [-0.25, -0.2) is 4.98 Å². The first-order valence-electron chi connectivity index (χ1n) is 10.0. The van der Waals surface area contributed by atoms with E-state index in [0.717, 1.165) is 43.9 Å². The van der Waals surface area contributed by atoms with E-state index in [-0.39, 0.29) is 24.2 Å². The SMILES string of the molecule is O=C(Nc1cccnc1N1CCCC1)[C@@H]1CC(=O)N(CCc2ccccc2)C1. The van der Waals surface area contributed by atoms with Crippen molar-refractivity contribution < 1.29 is 9.59 Å². The lowest BCUT2D eigenvalue weighted by atomic mass is 10.1. The molecule has 0 aliphatic carbocycles. The smallest absolute Gasteiger partial charge is 0.229 e. The predicted molar refractivity (Wildman–Crippen MR) is 109 cm³/mol. The number of carbonyl (C=O) groups is 2. The number of anilines is 2. The van der Waals surface area contributed by atoms with Crippen molar-refractivity contribution in [3.8, 4) is 0 Å². The Balaban J connectivity index is 1.36. The minimum absolute atomic E-state index is 0.0574. The van der Waals surface area contributed by atoms with E-state index in [9.17, 15) is 9.59 Å². The molecule has 1 atom stereocenters. The van der Waals surface area contributed by atoms with Gasteiger partial charge in [-0.1, -0.05) is 30.3 Å². The summed E-state index contributed by atoms with van der Waals surface area (Å²) in [6.07, 6.45) is 5.14. The number of rotatable bonds is 6. The fraction of sp³-hybridized carbons (Fsp3) is 0.409. The standard InChI is InChI=1S/C22H26N4O2/c27-20-15-18(16-26(20)14-10-17-7-2-1-3-8-17)22(28)24-19-9-6-11-23-21(19)25-12-4-5-13-25/h1-3,6-9,11,18H,4-5,10,12-16H2,(H,24,28)/t18-/m1/s1. The number of benzene rings is 1. The second-order valence-electron chi connectivity index (χ2n) is 7.53. The zero-order valence-corrected chi connectivity index (χ0v) is 16.0. The summed E-state index contributed by atoms with van der Waals surface area (Å²) in [5.74, 6) is 0.486. The normalized spacial score (nSPS) is 19.3. The van der Waals surface area contributed by atoms with Crippen LogP contribution in [0, 0.1) is 5.92 Å². The Labute approximate surface area is 165 Å². The van der Waals surface area contributed by atoms with E-state index in [0.29, 0.717) is 13.1 Å². The van der Waals surface area contributed by atoms with Crippen molar-refractivity contribution in [2.45, 2.75) is 25.7 Å². The van der Waals surface area contributed by atoms with E-state index < -0.39 is 0 Å². The van der Waals surface area contributed by atoms with Crippen LogP contribution in [0.5, 0.6) is 0 Å². The number of likely N-dealkylation sites (tertiary alicyclic amines) is 1. The lowest BCUT2D eigenvalue weighted by Crippen LogP contribution is -2.30. The van der Waals surface area contributed by atoms with Crippen LogP contribution in [0.4, 0.5) is 11.5 Å². The van der Waals surface area contributed by atoms with Crippen LogP contribution in [0.1, 0.15) is 24.8 Å². The van der Waals surface area contributed by atoms with E-state index in [1.54, 1.807) is 6.20 Å².